The second kappa shape index (κ2) is 5.36. The maximum Gasteiger partial charge on any atom is 0.231 e. The van der Waals surface area contributed by atoms with Gasteiger partial charge in [0.05, 0.1) is 0 Å². The van der Waals surface area contributed by atoms with Crippen LogP contribution in [0.25, 0.3) is 0 Å². The molecule has 1 saturated heterocycles. The molecule has 0 aliphatic carbocycles. The summed E-state index contributed by atoms with van der Waals surface area (Å²) in [4.78, 5) is 2.35. The van der Waals surface area contributed by atoms with Crippen molar-refractivity contribution in [2.24, 2.45) is 0 Å². The minimum Gasteiger partial charge on any atom is -0.454 e. The Kier molecular flexibility index (Phi) is 3.59. The number of fused-ring (bicyclic) bond motifs is 1. The van der Waals surface area contributed by atoms with Crippen LogP contribution in [0.1, 0.15) is 18.5 Å². The first-order valence-electron chi connectivity index (χ1n) is 6.81. The Morgan fingerprint density at radius 1 is 1.11 bits per heavy atom. The van der Waals surface area contributed by atoms with Crippen LogP contribution in [-0.2, 0) is 0 Å². The zero-order valence-corrected chi connectivity index (χ0v) is 11.6. The minimum absolute atomic E-state index is 0.276. The first-order valence-corrected chi connectivity index (χ1v) is 6.81. The van der Waals surface area contributed by atoms with Crippen molar-refractivity contribution in [3.05, 3.63) is 23.8 Å². The lowest BCUT2D eigenvalue weighted by molar-refractivity contribution is 0.0898. The second-order valence-electron chi connectivity index (χ2n) is 5.25. The molecule has 5 heteroatoms. The minimum atomic E-state index is 0.276. The first kappa shape index (κ1) is 12.7. The predicted octanol–water partition coefficient (Wildman–Crippen LogP) is 1.23. The molecule has 1 N–H and O–H groups in total. The fourth-order valence-corrected chi connectivity index (χ4v) is 2.47. The van der Waals surface area contributed by atoms with E-state index >= 15 is 0 Å². The number of ether oxygens (including phenoxy) is 2. The van der Waals surface area contributed by atoms with E-state index in [0.29, 0.717) is 6.79 Å². The van der Waals surface area contributed by atoms with E-state index in [9.17, 15) is 0 Å². The molecule has 2 heterocycles. The van der Waals surface area contributed by atoms with E-state index in [1.807, 2.05) is 6.07 Å². The standard InChI is InChI=1S/C14H21N3O2/c1-11(15-17-7-5-16(2)6-8-17)12-3-4-13-14(9-12)19-10-18-13/h3-4,9,11,15H,5-8,10H2,1-2H3. The molecule has 1 aromatic carbocycles. The van der Waals surface area contributed by atoms with Crippen molar-refractivity contribution >= 4 is 0 Å². The third kappa shape index (κ3) is 2.83. The van der Waals surface area contributed by atoms with E-state index in [2.05, 4.69) is 41.4 Å². The molecule has 1 unspecified atom stereocenters. The third-order valence-electron chi connectivity index (χ3n) is 3.78. The number of rotatable bonds is 3. The van der Waals surface area contributed by atoms with Gasteiger partial charge in [0.2, 0.25) is 6.79 Å². The fourth-order valence-electron chi connectivity index (χ4n) is 2.47. The third-order valence-corrected chi connectivity index (χ3v) is 3.78. The van der Waals surface area contributed by atoms with Crippen LogP contribution in [0.4, 0.5) is 0 Å². The van der Waals surface area contributed by atoms with Gasteiger partial charge in [-0.05, 0) is 31.7 Å². The zero-order chi connectivity index (χ0) is 13.2. The number of likely N-dealkylation sites (N-methyl/N-ethyl adjacent to an activating group) is 1. The molecule has 5 nitrogen and oxygen atoms in total. The molecule has 1 atom stereocenters. The van der Waals surface area contributed by atoms with Crippen LogP contribution in [0.2, 0.25) is 0 Å². The average molecular weight is 263 g/mol. The summed E-state index contributed by atoms with van der Waals surface area (Å²) >= 11 is 0. The number of nitrogens with one attached hydrogen (secondary N) is 1. The molecule has 3 rings (SSSR count). The molecule has 1 aromatic rings. The number of hydrogen-bond acceptors (Lipinski definition) is 5. The SMILES string of the molecule is CC(NN1CCN(C)CC1)c1ccc2c(c1)OCO2. The van der Waals surface area contributed by atoms with Gasteiger partial charge in [-0.2, -0.15) is 0 Å². The van der Waals surface area contributed by atoms with Crippen LogP contribution in [0.5, 0.6) is 11.5 Å². The molecule has 2 aliphatic rings. The lowest BCUT2D eigenvalue weighted by Gasteiger charge is -2.34. The Labute approximate surface area is 114 Å². The maximum atomic E-state index is 5.42. The molecule has 0 spiro atoms. The summed E-state index contributed by atoms with van der Waals surface area (Å²) in [6.45, 7) is 6.85. The summed E-state index contributed by atoms with van der Waals surface area (Å²) in [5.41, 5.74) is 4.78. The van der Waals surface area contributed by atoms with E-state index < -0.39 is 0 Å². The van der Waals surface area contributed by atoms with Crippen LogP contribution in [0.15, 0.2) is 18.2 Å². The Balaban J connectivity index is 1.62. The van der Waals surface area contributed by atoms with Crippen LogP contribution in [-0.4, -0.2) is 49.9 Å². The largest absolute Gasteiger partial charge is 0.454 e. The zero-order valence-electron chi connectivity index (χ0n) is 11.6. The van der Waals surface area contributed by atoms with Gasteiger partial charge in [0.1, 0.15) is 0 Å². The molecule has 1 fully saturated rings. The van der Waals surface area contributed by atoms with Gasteiger partial charge in [-0.15, -0.1) is 0 Å². The van der Waals surface area contributed by atoms with E-state index in [0.717, 1.165) is 37.7 Å². The van der Waals surface area contributed by atoms with Gasteiger partial charge in [-0.1, -0.05) is 6.07 Å². The van der Waals surface area contributed by atoms with Crippen LogP contribution < -0.4 is 14.9 Å². The van der Waals surface area contributed by atoms with Crippen LogP contribution in [0, 0.1) is 0 Å². The second-order valence-corrected chi connectivity index (χ2v) is 5.25. The van der Waals surface area contributed by atoms with Crippen molar-refractivity contribution in [1.82, 2.24) is 15.3 Å². The van der Waals surface area contributed by atoms with Gasteiger partial charge in [0.25, 0.3) is 0 Å². The molecule has 0 radical (unpaired) electrons. The first-order chi connectivity index (χ1) is 9.22. The highest BCUT2D eigenvalue weighted by molar-refractivity contribution is 5.45. The van der Waals surface area contributed by atoms with Crippen molar-refractivity contribution < 1.29 is 9.47 Å². The molecule has 0 bridgehead atoms. The smallest absolute Gasteiger partial charge is 0.231 e. The number of piperazine rings is 1. The molecular formula is C14H21N3O2. The summed E-state index contributed by atoms with van der Waals surface area (Å²) in [5.74, 6) is 1.69. The highest BCUT2D eigenvalue weighted by atomic mass is 16.7. The van der Waals surface area contributed by atoms with Crippen LogP contribution in [0.3, 0.4) is 0 Å². The van der Waals surface area contributed by atoms with Crippen molar-refractivity contribution in [1.29, 1.82) is 0 Å². The highest BCUT2D eigenvalue weighted by Crippen LogP contribution is 2.34. The van der Waals surface area contributed by atoms with E-state index in [4.69, 9.17) is 9.47 Å². The monoisotopic (exact) mass is 263 g/mol. The number of hydrazine groups is 1. The molecular weight excluding hydrogens is 242 g/mol. The van der Waals surface area contributed by atoms with Gasteiger partial charge < -0.3 is 14.4 Å². The van der Waals surface area contributed by atoms with Gasteiger partial charge in [0.15, 0.2) is 11.5 Å². The van der Waals surface area contributed by atoms with E-state index in [1.54, 1.807) is 0 Å². The molecule has 19 heavy (non-hydrogen) atoms. The van der Waals surface area contributed by atoms with Crippen molar-refractivity contribution in [3.63, 3.8) is 0 Å². The Hall–Kier alpha value is -1.30. The maximum absolute atomic E-state index is 5.42. The summed E-state index contributed by atoms with van der Waals surface area (Å²) < 4.78 is 10.8. The Bertz CT molecular complexity index is 444. The number of hydrogen-bond donors (Lipinski definition) is 1. The lowest BCUT2D eigenvalue weighted by atomic mass is 10.1. The average Bonchev–Trinajstić information content (AvgIpc) is 2.88. The van der Waals surface area contributed by atoms with Crippen molar-refractivity contribution in [2.75, 3.05) is 40.0 Å². The van der Waals surface area contributed by atoms with Crippen molar-refractivity contribution in [3.8, 4) is 11.5 Å². The predicted molar refractivity (Wildman–Crippen MR) is 73.2 cm³/mol. The summed E-state index contributed by atoms with van der Waals surface area (Å²) in [5, 5.41) is 2.30. The molecule has 0 amide bonds. The Morgan fingerprint density at radius 2 is 1.84 bits per heavy atom. The highest BCUT2D eigenvalue weighted by Gasteiger charge is 2.19. The summed E-state index contributed by atoms with van der Waals surface area (Å²) in [7, 11) is 2.17. The van der Waals surface area contributed by atoms with Gasteiger partial charge in [-0.25, -0.2) is 10.4 Å². The summed E-state index contributed by atoms with van der Waals surface area (Å²) in [6, 6.07) is 6.43. The topological polar surface area (TPSA) is 37.0 Å². The molecule has 0 saturated carbocycles. The normalized spacial score (nSPS) is 21.6. The van der Waals surface area contributed by atoms with E-state index in [1.165, 1.54) is 5.56 Å². The Morgan fingerprint density at radius 3 is 2.63 bits per heavy atom. The number of nitrogens with zero attached hydrogens (tertiary/aromatic N) is 2. The fraction of sp³-hybridized carbons (Fsp3) is 0.571. The van der Waals surface area contributed by atoms with E-state index in [-0.39, 0.29) is 6.04 Å². The summed E-state index contributed by atoms with van der Waals surface area (Å²) in [6.07, 6.45) is 0. The van der Waals surface area contributed by atoms with Crippen LogP contribution >= 0.6 is 0 Å². The van der Waals surface area contributed by atoms with Gasteiger partial charge >= 0.3 is 0 Å². The number of benzene rings is 1. The molecule has 2 aliphatic heterocycles. The lowest BCUT2D eigenvalue weighted by Crippen LogP contribution is -2.51. The molecule has 104 valence electrons. The van der Waals surface area contributed by atoms with Gasteiger partial charge in [-0.3, -0.25) is 0 Å². The van der Waals surface area contributed by atoms with Gasteiger partial charge in [0, 0.05) is 32.2 Å². The quantitative estimate of drug-likeness (QED) is 0.887. The molecule has 0 aromatic heterocycles. The van der Waals surface area contributed by atoms with Crippen molar-refractivity contribution in [2.45, 2.75) is 13.0 Å².